The largest absolute Gasteiger partial charge is 0.322 e. The molecule has 0 bridgehead atoms. The molecule has 34 heavy (non-hydrogen) atoms. The van der Waals surface area contributed by atoms with E-state index in [1.54, 1.807) is 16.8 Å². The third-order valence-electron chi connectivity index (χ3n) is 6.59. The van der Waals surface area contributed by atoms with Crippen molar-refractivity contribution >= 4 is 10.9 Å². The molecule has 9 heteroatoms. The lowest BCUT2D eigenvalue weighted by Gasteiger charge is -2.38. The van der Waals surface area contributed by atoms with E-state index in [0.717, 1.165) is 54.8 Å². The number of nitrogens with zero attached hydrogens (tertiary/aromatic N) is 6. The fraction of sp³-hybridized carbons (Fsp3) is 0.360. The number of nitrogens with one attached hydrogen (secondary N) is 1. The Morgan fingerprint density at radius 1 is 1.06 bits per heavy atom. The normalized spacial score (nSPS) is 16.2. The summed E-state index contributed by atoms with van der Waals surface area (Å²) >= 11 is 0. The van der Waals surface area contributed by atoms with Gasteiger partial charge in [0.25, 0.3) is 5.56 Å². The molecule has 5 rings (SSSR count). The Balaban J connectivity index is 1.59. The Morgan fingerprint density at radius 3 is 2.56 bits per heavy atom. The van der Waals surface area contributed by atoms with Gasteiger partial charge in [0, 0.05) is 37.3 Å². The zero-order chi connectivity index (χ0) is 23.7. The molecule has 1 N–H and O–H groups in total. The summed E-state index contributed by atoms with van der Waals surface area (Å²) in [6, 6.07) is 13.9. The van der Waals surface area contributed by atoms with Crippen LogP contribution in [-0.2, 0) is 6.54 Å². The minimum absolute atomic E-state index is 0.143. The lowest BCUT2D eigenvalue weighted by molar-refractivity contribution is 0.108. The zero-order valence-corrected chi connectivity index (χ0v) is 19.4. The van der Waals surface area contributed by atoms with Crippen LogP contribution in [0.15, 0.2) is 53.3 Å². The van der Waals surface area contributed by atoms with Gasteiger partial charge in [-0.05, 0) is 65.2 Å². The first-order valence-corrected chi connectivity index (χ1v) is 11.6. The maximum absolute atomic E-state index is 13.4. The molecule has 0 aliphatic carbocycles. The molecule has 0 saturated carbocycles. The summed E-state index contributed by atoms with van der Waals surface area (Å²) in [7, 11) is 0. The van der Waals surface area contributed by atoms with Crippen molar-refractivity contribution in [3.05, 3.63) is 87.2 Å². The van der Waals surface area contributed by atoms with Gasteiger partial charge in [0.05, 0.1) is 6.54 Å². The molecule has 0 radical (unpaired) electrons. The number of benzene rings is 2. The van der Waals surface area contributed by atoms with Gasteiger partial charge in [-0.2, -0.15) is 0 Å². The van der Waals surface area contributed by atoms with Gasteiger partial charge in [-0.3, -0.25) is 9.69 Å². The molecule has 1 fully saturated rings. The Hall–Kier alpha value is -3.43. The summed E-state index contributed by atoms with van der Waals surface area (Å²) in [4.78, 5) is 21.0. The molecule has 3 heterocycles. The summed E-state index contributed by atoms with van der Waals surface area (Å²) in [5, 5.41) is 13.5. The molecule has 2 aromatic carbocycles. The molecule has 1 aliphatic rings. The topological polar surface area (TPSA) is 82.9 Å². The van der Waals surface area contributed by atoms with E-state index in [0.29, 0.717) is 17.9 Å². The van der Waals surface area contributed by atoms with Crippen molar-refractivity contribution in [3.63, 3.8) is 0 Å². The highest BCUT2D eigenvalue weighted by atomic mass is 19.1. The summed E-state index contributed by atoms with van der Waals surface area (Å²) < 4.78 is 15.1. The average molecular weight is 462 g/mol. The fourth-order valence-electron chi connectivity index (χ4n) is 4.67. The van der Waals surface area contributed by atoms with Crippen LogP contribution in [-0.4, -0.2) is 67.7 Å². The van der Waals surface area contributed by atoms with E-state index >= 15 is 0 Å². The second-order valence-electron chi connectivity index (χ2n) is 8.84. The van der Waals surface area contributed by atoms with E-state index in [-0.39, 0.29) is 11.4 Å². The van der Waals surface area contributed by atoms with Gasteiger partial charge in [-0.25, -0.2) is 9.07 Å². The van der Waals surface area contributed by atoms with Crippen LogP contribution in [0.3, 0.4) is 0 Å². The number of rotatable bonds is 6. The van der Waals surface area contributed by atoms with Gasteiger partial charge in [0.2, 0.25) is 0 Å². The third-order valence-corrected chi connectivity index (χ3v) is 6.59. The zero-order valence-electron chi connectivity index (χ0n) is 19.4. The number of aromatic nitrogens is 5. The summed E-state index contributed by atoms with van der Waals surface area (Å²) in [6.07, 6.45) is 0. The van der Waals surface area contributed by atoms with Crippen LogP contribution in [0.25, 0.3) is 10.9 Å². The summed E-state index contributed by atoms with van der Waals surface area (Å²) in [5.41, 5.74) is 3.29. The number of pyridine rings is 1. The van der Waals surface area contributed by atoms with Crippen molar-refractivity contribution < 1.29 is 4.39 Å². The lowest BCUT2D eigenvalue weighted by atomic mass is 10.0. The second kappa shape index (κ2) is 9.44. The molecule has 0 spiro atoms. The van der Waals surface area contributed by atoms with Gasteiger partial charge in [-0.1, -0.05) is 30.7 Å². The molecular formula is C25H28FN7O. The van der Waals surface area contributed by atoms with Crippen molar-refractivity contribution in [2.45, 2.75) is 26.4 Å². The fourth-order valence-corrected chi connectivity index (χ4v) is 4.67. The molecule has 8 nitrogen and oxygen atoms in total. The van der Waals surface area contributed by atoms with Gasteiger partial charge in [-0.15, -0.1) is 5.10 Å². The van der Waals surface area contributed by atoms with Crippen LogP contribution in [0.4, 0.5) is 4.39 Å². The molecule has 2 aromatic heterocycles. The number of fused-ring (bicyclic) bond motifs is 1. The van der Waals surface area contributed by atoms with Crippen molar-refractivity contribution in [2.75, 3.05) is 32.7 Å². The predicted octanol–water partition coefficient (Wildman–Crippen LogP) is 2.74. The van der Waals surface area contributed by atoms with E-state index in [1.165, 1.54) is 12.1 Å². The van der Waals surface area contributed by atoms with Crippen LogP contribution < -0.4 is 5.56 Å². The van der Waals surface area contributed by atoms with E-state index in [2.05, 4.69) is 43.3 Å². The van der Waals surface area contributed by atoms with Crippen molar-refractivity contribution in [2.24, 2.45) is 0 Å². The van der Waals surface area contributed by atoms with E-state index in [1.807, 2.05) is 25.1 Å². The molecule has 1 atom stereocenters. The van der Waals surface area contributed by atoms with Gasteiger partial charge < -0.3 is 9.88 Å². The quantitative estimate of drug-likeness (QED) is 0.476. The monoisotopic (exact) mass is 461 g/mol. The molecule has 1 saturated heterocycles. The Kier molecular flexibility index (Phi) is 6.21. The standard InChI is InChI=1S/C25H28FN7O/c1-3-31-10-12-32(13-11-31)23(21-15-19-14-17(2)4-9-22(19)27-25(21)34)24-28-29-30-33(24)16-18-5-7-20(26)8-6-18/h4-9,14-15,23H,3,10-13,16H2,1-2H3,(H,27,34). The Labute approximate surface area is 197 Å². The Morgan fingerprint density at radius 2 is 1.82 bits per heavy atom. The minimum Gasteiger partial charge on any atom is -0.322 e. The van der Waals surface area contributed by atoms with Crippen LogP contribution in [0.5, 0.6) is 0 Å². The number of likely N-dealkylation sites (N-methyl/N-ethyl adjacent to an activating group) is 1. The van der Waals surface area contributed by atoms with Gasteiger partial charge >= 0.3 is 0 Å². The number of H-pyrrole nitrogens is 1. The van der Waals surface area contributed by atoms with E-state index in [9.17, 15) is 9.18 Å². The Bertz CT molecular complexity index is 1340. The number of hydrogen-bond donors (Lipinski definition) is 1. The first-order chi connectivity index (χ1) is 16.5. The number of piperazine rings is 1. The number of aryl methyl sites for hydroxylation is 1. The van der Waals surface area contributed by atoms with Crippen molar-refractivity contribution in [1.82, 2.24) is 35.0 Å². The van der Waals surface area contributed by atoms with E-state index in [4.69, 9.17) is 0 Å². The highest BCUT2D eigenvalue weighted by Gasteiger charge is 2.32. The van der Waals surface area contributed by atoms with Crippen molar-refractivity contribution in [3.8, 4) is 0 Å². The maximum atomic E-state index is 13.4. The summed E-state index contributed by atoms with van der Waals surface area (Å²) in [5.74, 6) is 0.317. The van der Waals surface area contributed by atoms with Crippen LogP contribution in [0.2, 0.25) is 0 Å². The molecule has 1 aliphatic heterocycles. The molecule has 4 aromatic rings. The van der Waals surface area contributed by atoms with Gasteiger partial charge in [0.15, 0.2) is 5.82 Å². The second-order valence-corrected chi connectivity index (χ2v) is 8.84. The van der Waals surface area contributed by atoms with Crippen LogP contribution >= 0.6 is 0 Å². The third kappa shape index (κ3) is 4.49. The number of aromatic amines is 1. The predicted molar refractivity (Wildman–Crippen MR) is 128 cm³/mol. The van der Waals surface area contributed by atoms with Gasteiger partial charge in [0.1, 0.15) is 11.9 Å². The number of tetrazole rings is 1. The number of halogens is 1. The summed E-state index contributed by atoms with van der Waals surface area (Å²) in [6.45, 7) is 9.01. The van der Waals surface area contributed by atoms with Crippen LogP contribution in [0, 0.1) is 12.7 Å². The van der Waals surface area contributed by atoms with Crippen molar-refractivity contribution in [1.29, 1.82) is 0 Å². The first-order valence-electron chi connectivity index (χ1n) is 11.6. The SMILES string of the molecule is CCN1CCN(C(c2cc3cc(C)ccc3[nH]c2=O)c2nnnn2Cc2ccc(F)cc2)CC1. The molecule has 176 valence electrons. The average Bonchev–Trinajstić information content (AvgIpc) is 3.29. The first kappa shape index (κ1) is 22.4. The lowest BCUT2D eigenvalue weighted by Crippen LogP contribution is -2.49. The number of hydrogen-bond acceptors (Lipinski definition) is 6. The maximum Gasteiger partial charge on any atom is 0.253 e. The molecule has 1 unspecified atom stereocenters. The molecule has 0 amide bonds. The minimum atomic E-state index is -0.400. The van der Waals surface area contributed by atoms with E-state index < -0.39 is 6.04 Å². The highest BCUT2D eigenvalue weighted by molar-refractivity contribution is 5.79. The van der Waals surface area contributed by atoms with Crippen LogP contribution in [0.1, 0.15) is 35.5 Å². The smallest absolute Gasteiger partial charge is 0.253 e. The highest BCUT2D eigenvalue weighted by Crippen LogP contribution is 2.28. The molecular weight excluding hydrogens is 433 g/mol.